The van der Waals surface area contributed by atoms with Crippen LogP contribution in [0.2, 0.25) is 6.04 Å². The van der Waals surface area contributed by atoms with Crippen molar-refractivity contribution < 1.29 is 27.7 Å². The molecule has 0 radical (unpaired) electrons. The highest BCUT2D eigenvalue weighted by molar-refractivity contribution is 6.60. The number of carbonyl (C=O) groups excluding carboxylic acids is 1. The number of benzene rings is 1. The lowest BCUT2D eigenvalue weighted by Gasteiger charge is -2.28. The maximum Gasteiger partial charge on any atom is 0.500 e. The molecular weight excluding hydrogens is 372 g/mol. The normalized spacial score (nSPS) is 11.3. The van der Waals surface area contributed by atoms with E-state index in [0.717, 1.165) is 0 Å². The molecule has 0 aliphatic rings. The Balaban J connectivity index is 2.50. The van der Waals surface area contributed by atoms with E-state index in [2.05, 4.69) is 5.32 Å². The van der Waals surface area contributed by atoms with Crippen molar-refractivity contribution in [2.24, 2.45) is 0 Å². The van der Waals surface area contributed by atoms with E-state index in [9.17, 15) is 14.9 Å². The molecule has 1 N–H and O–H groups in total. The third-order valence-corrected chi connectivity index (χ3v) is 6.75. The first kappa shape index (κ1) is 23.0. The number of nitro benzene ring substituents is 1. The standard InChI is InChI=1S/C17H28N2O7Si/c1-5-23-27(24-6-2,25-7-3)12-8-11-18-17(20)26-15-9-10-16(19(21)22)14(4)13-15/h9-10,13H,5-8,11-12H2,1-4H3,(H,18,20). The molecule has 1 amide bonds. The molecule has 0 heterocycles. The first-order valence-corrected chi connectivity index (χ1v) is 10.9. The first-order chi connectivity index (χ1) is 12.9. The van der Waals surface area contributed by atoms with Gasteiger partial charge in [0.1, 0.15) is 5.75 Å². The van der Waals surface area contributed by atoms with Crippen LogP contribution in [0.5, 0.6) is 5.75 Å². The number of ether oxygens (including phenoxy) is 1. The summed E-state index contributed by atoms with van der Waals surface area (Å²) in [5.74, 6) is 0.247. The van der Waals surface area contributed by atoms with Crippen molar-refractivity contribution in [1.82, 2.24) is 5.32 Å². The van der Waals surface area contributed by atoms with Gasteiger partial charge >= 0.3 is 14.9 Å². The SMILES string of the molecule is CCO[Si](CCCNC(=O)Oc1ccc([N+](=O)[O-])c(C)c1)(OCC)OCC. The van der Waals surface area contributed by atoms with Crippen molar-refractivity contribution in [3.63, 3.8) is 0 Å². The minimum atomic E-state index is -2.72. The Labute approximate surface area is 160 Å². The average molecular weight is 401 g/mol. The Kier molecular flexibility index (Phi) is 9.93. The number of aryl methyl sites for hydroxylation is 1. The lowest BCUT2D eigenvalue weighted by Crippen LogP contribution is -2.46. The zero-order valence-corrected chi connectivity index (χ0v) is 17.3. The van der Waals surface area contributed by atoms with E-state index in [1.54, 1.807) is 6.92 Å². The van der Waals surface area contributed by atoms with Crippen LogP contribution in [0.3, 0.4) is 0 Å². The van der Waals surface area contributed by atoms with Crippen LogP contribution in [0.25, 0.3) is 0 Å². The van der Waals surface area contributed by atoms with Gasteiger partial charge in [0.15, 0.2) is 0 Å². The minimum absolute atomic E-state index is 0.0215. The van der Waals surface area contributed by atoms with E-state index >= 15 is 0 Å². The van der Waals surface area contributed by atoms with Crippen LogP contribution < -0.4 is 10.1 Å². The molecule has 0 saturated carbocycles. The number of hydrogen-bond acceptors (Lipinski definition) is 7. The number of amides is 1. The van der Waals surface area contributed by atoms with Crippen molar-refractivity contribution in [2.45, 2.75) is 40.2 Å². The summed E-state index contributed by atoms with van der Waals surface area (Å²) < 4.78 is 22.4. The van der Waals surface area contributed by atoms with E-state index in [1.165, 1.54) is 18.2 Å². The van der Waals surface area contributed by atoms with Gasteiger partial charge in [0.05, 0.1) is 4.92 Å². The Morgan fingerprint density at radius 2 is 1.74 bits per heavy atom. The van der Waals surface area contributed by atoms with Gasteiger partial charge in [-0.2, -0.15) is 0 Å². The fraction of sp³-hybridized carbons (Fsp3) is 0.588. The van der Waals surface area contributed by atoms with Gasteiger partial charge in [-0.05, 0) is 46.2 Å². The minimum Gasteiger partial charge on any atom is -0.410 e. The second-order valence-corrected chi connectivity index (χ2v) is 8.34. The monoisotopic (exact) mass is 400 g/mol. The zero-order valence-electron chi connectivity index (χ0n) is 16.3. The summed E-state index contributed by atoms with van der Waals surface area (Å²) in [6.07, 6.45) is -0.0135. The van der Waals surface area contributed by atoms with Crippen LogP contribution >= 0.6 is 0 Å². The highest BCUT2D eigenvalue weighted by Crippen LogP contribution is 2.23. The highest BCUT2D eigenvalue weighted by Gasteiger charge is 2.39. The Morgan fingerprint density at radius 1 is 1.15 bits per heavy atom. The molecule has 152 valence electrons. The van der Waals surface area contributed by atoms with Crippen molar-refractivity contribution in [3.8, 4) is 5.75 Å². The molecule has 0 atom stereocenters. The summed E-state index contributed by atoms with van der Waals surface area (Å²) in [5, 5.41) is 13.5. The fourth-order valence-corrected chi connectivity index (χ4v) is 5.15. The molecule has 10 heteroatoms. The topological polar surface area (TPSA) is 109 Å². The van der Waals surface area contributed by atoms with E-state index < -0.39 is 19.8 Å². The van der Waals surface area contributed by atoms with Gasteiger partial charge in [0.2, 0.25) is 0 Å². The second kappa shape index (κ2) is 11.6. The number of nitro groups is 1. The molecule has 1 aromatic carbocycles. The predicted molar refractivity (Wildman–Crippen MR) is 102 cm³/mol. The maximum absolute atomic E-state index is 11.9. The summed E-state index contributed by atoms with van der Waals surface area (Å²) in [6.45, 7) is 9.13. The van der Waals surface area contributed by atoms with Crippen LogP contribution in [0.15, 0.2) is 18.2 Å². The molecule has 0 fully saturated rings. The zero-order chi connectivity index (χ0) is 20.3. The Bertz CT molecular complexity index is 610. The number of carbonyl (C=O) groups is 1. The smallest absolute Gasteiger partial charge is 0.410 e. The van der Waals surface area contributed by atoms with Crippen LogP contribution in [0, 0.1) is 17.0 Å². The maximum atomic E-state index is 11.9. The van der Waals surface area contributed by atoms with Gasteiger partial charge in [-0.25, -0.2) is 4.79 Å². The van der Waals surface area contributed by atoms with Crippen molar-refractivity contribution in [3.05, 3.63) is 33.9 Å². The van der Waals surface area contributed by atoms with Gasteiger partial charge in [-0.15, -0.1) is 0 Å². The second-order valence-electron chi connectivity index (χ2n) is 5.61. The number of rotatable bonds is 12. The third-order valence-electron chi connectivity index (χ3n) is 3.60. The third kappa shape index (κ3) is 7.63. The molecule has 0 aliphatic carbocycles. The molecule has 1 rings (SSSR count). The summed E-state index contributed by atoms with van der Waals surface area (Å²) in [7, 11) is -2.72. The highest BCUT2D eigenvalue weighted by atomic mass is 28.4. The lowest BCUT2D eigenvalue weighted by atomic mass is 10.2. The molecule has 0 aromatic heterocycles. The summed E-state index contributed by atoms with van der Waals surface area (Å²) >= 11 is 0. The van der Waals surface area contributed by atoms with Crippen molar-refractivity contribution >= 4 is 20.6 Å². The molecule has 1 aromatic rings. The quantitative estimate of drug-likeness (QED) is 0.248. The van der Waals surface area contributed by atoms with Crippen molar-refractivity contribution in [2.75, 3.05) is 26.4 Å². The van der Waals surface area contributed by atoms with E-state index in [4.69, 9.17) is 18.0 Å². The number of nitrogens with zero attached hydrogens (tertiary/aromatic N) is 1. The van der Waals surface area contributed by atoms with E-state index in [1.807, 2.05) is 20.8 Å². The van der Waals surface area contributed by atoms with Crippen molar-refractivity contribution in [1.29, 1.82) is 0 Å². The predicted octanol–water partition coefficient (Wildman–Crippen LogP) is 3.43. The largest absolute Gasteiger partial charge is 0.500 e. The Hall–Kier alpha value is -2.01. The number of nitrogens with one attached hydrogen (secondary N) is 1. The summed E-state index contributed by atoms with van der Waals surface area (Å²) in [5.41, 5.74) is 0.401. The summed E-state index contributed by atoms with van der Waals surface area (Å²) in [6, 6.07) is 4.74. The van der Waals surface area contributed by atoms with Crippen LogP contribution in [-0.4, -0.2) is 46.2 Å². The van der Waals surface area contributed by atoms with Gasteiger partial charge in [-0.3, -0.25) is 10.1 Å². The molecule has 0 spiro atoms. The van der Waals surface area contributed by atoms with Crippen LogP contribution in [0.4, 0.5) is 10.5 Å². The van der Waals surface area contributed by atoms with Crippen LogP contribution in [-0.2, 0) is 13.3 Å². The van der Waals surface area contributed by atoms with Gasteiger partial charge in [0, 0.05) is 44.0 Å². The molecule has 0 bridgehead atoms. The Morgan fingerprint density at radius 3 is 2.22 bits per heavy atom. The first-order valence-electron chi connectivity index (χ1n) is 9.00. The molecule has 27 heavy (non-hydrogen) atoms. The van der Waals surface area contributed by atoms with E-state index in [-0.39, 0.29) is 11.4 Å². The van der Waals surface area contributed by atoms with Gasteiger partial charge < -0.3 is 23.3 Å². The summed E-state index contributed by atoms with van der Waals surface area (Å²) in [4.78, 5) is 22.2. The van der Waals surface area contributed by atoms with Crippen LogP contribution in [0.1, 0.15) is 32.8 Å². The molecule has 9 nitrogen and oxygen atoms in total. The molecule has 0 saturated heterocycles. The number of hydrogen-bond donors (Lipinski definition) is 1. The lowest BCUT2D eigenvalue weighted by molar-refractivity contribution is -0.385. The molecular formula is C17H28N2O7Si. The molecule has 0 aliphatic heterocycles. The van der Waals surface area contributed by atoms with Gasteiger partial charge in [-0.1, -0.05) is 0 Å². The fourth-order valence-electron chi connectivity index (χ4n) is 2.54. The molecule has 0 unspecified atom stereocenters. The van der Waals surface area contributed by atoms with Gasteiger partial charge in [0.25, 0.3) is 5.69 Å². The average Bonchev–Trinajstić information content (AvgIpc) is 2.59. The van der Waals surface area contributed by atoms with E-state index in [0.29, 0.717) is 44.4 Å².